The predicted molar refractivity (Wildman–Crippen MR) is 83.9 cm³/mol. The standard InChI is InChI=1S/C16H28N2S/c1-16(2,3)14-11-19-15(18-14)10-12-8-6-5-7-9-13(12)17-4/h11-13,17H,5-10H2,1-4H3. The molecule has 0 aromatic carbocycles. The number of nitrogens with zero attached hydrogens (tertiary/aromatic N) is 1. The zero-order chi connectivity index (χ0) is 13.9. The fourth-order valence-corrected chi connectivity index (χ4v) is 4.10. The quantitative estimate of drug-likeness (QED) is 0.841. The first-order chi connectivity index (χ1) is 9.00. The normalized spacial score (nSPS) is 25.3. The molecule has 0 bridgehead atoms. The highest BCUT2D eigenvalue weighted by Crippen LogP contribution is 2.29. The summed E-state index contributed by atoms with van der Waals surface area (Å²) in [5, 5.41) is 7.11. The van der Waals surface area contributed by atoms with Crippen molar-refractivity contribution in [2.24, 2.45) is 5.92 Å². The summed E-state index contributed by atoms with van der Waals surface area (Å²) in [6.45, 7) is 6.73. The summed E-state index contributed by atoms with van der Waals surface area (Å²) in [4.78, 5) is 4.87. The lowest BCUT2D eigenvalue weighted by Gasteiger charge is -2.23. The average molecular weight is 280 g/mol. The van der Waals surface area contributed by atoms with Crippen molar-refractivity contribution in [3.8, 4) is 0 Å². The van der Waals surface area contributed by atoms with E-state index >= 15 is 0 Å². The minimum Gasteiger partial charge on any atom is -0.317 e. The first-order valence-corrected chi connectivity index (χ1v) is 8.51. The van der Waals surface area contributed by atoms with E-state index in [0.29, 0.717) is 6.04 Å². The van der Waals surface area contributed by atoms with Gasteiger partial charge < -0.3 is 5.32 Å². The summed E-state index contributed by atoms with van der Waals surface area (Å²) in [6.07, 6.45) is 8.02. The molecule has 1 fully saturated rings. The molecule has 2 unspecified atom stereocenters. The van der Waals surface area contributed by atoms with Crippen molar-refractivity contribution >= 4 is 11.3 Å². The number of thiazole rings is 1. The average Bonchev–Trinajstić information content (AvgIpc) is 2.70. The van der Waals surface area contributed by atoms with E-state index in [4.69, 9.17) is 4.98 Å². The maximum atomic E-state index is 4.87. The van der Waals surface area contributed by atoms with Crippen LogP contribution in [0.2, 0.25) is 0 Å². The third kappa shape index (κ3) is 4.03. The smallest absolute Gasteiger partial charge is 0.0931 e. The van der Waals surface area contributed by atoms with Crippen LogP contribution in [0.4, 0.5) is 0 Å². The Balaban J connectivity index is 2.04. The number of hydrogen-bond donors (Lipinski definition) is 1. The van der Waals surface area contributed by atoms with E-state index in [0.717, 1.165) is 12.3 Å². The molecule has 0 amide bonds. The first kappa shape index (κ1) is 15.0. The van der Waals surface area contributed by atoms with Gasteiger partial charge in [-0.2, -0.15) is 0 Å². The Hall–Kier alpha value is -0.410. The van der Waals surface area contributed by atoms with E-state index in [-0.39, 0.29) is 5.41 Å². The minimum absolute atomic E-state index is 0.181. The van der Waals surface area contributed by atoms with E-state index in [9.17, 15) is 0 Å². The van der Waals surface area contributed by atoms with Crippen molar-refractivity contribution in [3.05, 3.63) is 16.1 Å². The molecule has 1 aliphatic rings. The van der Waals surface area contributed by atoms with Gasteiger partial charge in [-0.15, -0.1) is 11.3 Å². The highest BCUT2D eigenvalue weighted by molar-refractivity contribution is 7.09. The van der Waals surface area contributed by atoms with Crippen molar-refractivity contribution < 1.29 is 0 Å². The lowest BCUT2D eigenvalue weighted by molar-refractivity contribution is 0.349. The van der Waals surface area contributed by atoms with E-state index in [1.165, 1.54) is 42.8 Å². The highest BCUT2D eigenvalue weighted by Gasteiger charge is 2.24. The zero-order valence-corrected chi connectivity index (χ0v) is 13.6. The molecule has 108 valence electrons. The van der Waals surface area contributed by atoms with Gasteiger partial charge in [0.2, 0.25) is 0 Å². The monoisotopic (exact) mass is 280 g/mol. The van der Waals surface area contributed by atoms with E-state index < -0.39 is 0 Å². The van der Waals surface area contributed by atoms with Crippen LogP contribution in [0.1, 0.15) is 63.6 Å². The Bertz CT molecular complexity index is 392. The highest BCUT2D eigenvalue weighted by atomic mass is 32.1. The van der Waals surface area contributed by atoms with Gasteiger partial charge in [-0.1, -0.05) is 40.0 Å². The SMILES string of the molecule is CNC1CCCCCC1Cc1nc(C(C)(C)C)cs1. The van der Waals surface area contributed by atoms with Crippen LogP contribution in [0, 0.1) is 5.92 Å². The fraction of sp³-hybridized carbons (Fsp3) is 0.812. The number of rotatable bonds is 3. The fourth-order valence-electron chi connectivity index (χ4n) is 2.98. The molecule has 0 radical (unpaired) electrons. The third-order valence-electron chi connectivity index (χ3n) is 4.29. The van der Waals surface area contributed by atoms with Crippen LogP contribution >= 0.6 is 11.3 Å². The van der Waals surface area contributed by atoms with Gasteiger partial charge in [0.15, 0.2) is 0 Å². The Morgan fingerprint density at radius 1 is 1.26 bits per heavy atom. The molecule has 1 aliphatic carbocycles. The summed E-state index contributed by atoms with van der Waals surface area (Å²) in [7, 11) is 2.12. The molecule has 0 aliphatic heterocycles. The van der Waals surface area contributed by atoms with E-state index in [1.807, 2.05) is 11.3 Å². The van der Waals surface area contributed by atoms with Crippen LogP contribution in [0.15, 0.2) is 5.38 Å². The molecule has 0 spiro atoms. The van der Waals surface area contributed by atoms with E-state index in [2.05, 4.69) is 38.5 Å². The molecule has 2 rings (SSSR count). The van der Waals surface area contributed by atoms with Crippen molar-refractivity contribution in [3.63, 3.8) is 0 Å². The summed E-state index contributed by atoms with van der Waals surface area (Å²) >= 11 is 1.85. The predicted octanol–water partition coefficient (Wildman–Crippen LogP) is 4.15. The molecule has 0 saturated heterocycles. The lowest BCUT2D eigenvalue weighted by atomic mass is 9.91. The summed E-state index contributed by atoms with van der Waals surface area (Å²) in [5.74, 6) is 0.770. The summed E-state index contributed by atoms with van der Waals surface area (Å²) < 4.78 is 0. The molecular formula is C16H28N2S. The van der Waals surface area contributed by atoms with Crippen molar-refractivity contribution in [2.75, 3.05) is 7.05 Å². The Labute approximate surface area is 122 Å². The van der Waals surface area contributed by atoms with E-state index in [1.54, 1.807) is 0 Å². The molecule has 1 aromatic rings. The number of nitrogens with one attached hydrogen (secondary N) is 1. The van der Waals surface area contributed by atoms with Gasteiger partial charge in [-0.3, -0.25) is 0 Å². The second-order valence-electron chi connectivity index (χ2n) is 6.87. The molecule has 1 N–H and O–H groups in total. The molecule has 1 aromatic heterocycles. The second kappa shape index (κ2) is 6.36. The number of aromatic nitrogens is 1. The molecule has 2 nitrogen and oxygen atoms in total. The molecule has 3 heteroatoms. The summed E-state index contributed by atoms with van der Waals surface area (Å²) in [5.41, 5.74) is 1.43. The molecule has 19 heavy (non-hydrogen) atoms. The van der Waals surface area contributed by atoms with Crippen LogP contribution in [0.3, 0.4) is 0 Å². The van der Waals surface area contributed by atoms with Crippen LogP contribution in [-0.4, -0.2) is 18.1 Å². The Morgan fingerprint density at radius 3 is 2.63 bits per heavy atom. The largest absolute Gasteiger partial charge is 0.317 e. The van der Waals surface area contributed by atoms with Crippen molar-refractivity contribution in [1.29, 1.82) is 0 Å². The van der Waals surface area contributed by atoms with Crippen LogP contribution in [0.25, 0.3) is 0 Å². The molecule has 2 atom stereocenters. The van der Waals surface area contributed by atoms with Gasteiger partial charge in [0, 0.05) is 23.3 Å². The molecule has 1 heterocycles. The van der Waals surface area contributed by atoms with Gasteiger partial charge in [-0.25, -0.2) is 4.98 Å². The Morgan fingerprint density at radius 2 is 2.00 bits per heavy atom. The van der Waals surface area contributed by atoms with Gasteiger partial charge in [0.05, 0.1) is 10.7 Å². The van der Waals surface area contributed by atoms with Crippen LogP contribution in [0.5, 0.6) is 0 Å². The Kier molecular flexibility index (Phi) is 5.02. The summed E-state index contributed by atoms with van der Waals surface area (Å²) in [6, 6.07) is 0.685. The van der Waals surface area contributed by atoms with Gasteiger partial charge in [-0.05, 0) is 25.8 Å². The van der Waals surface area contributed by atoms with Crippen molar-refractivity contribution in [1.82, 2.24) is 10.3 Å². The molecular weight excluding hydrogens is 252 g/mol. The topological polar surface area (TPSA) is 24.9 Å². The molecule has 1 saturated carbocycles. The maximum absolute atomic E-state index is 4.87. The van der Waals surface area contributed by atoms with Gasteiger partial charge >= 0.3 is 0 Å². The van der Waals surface area contributed by atoms with Gasteiger partial charge in [0.25, 0.3) is 0 Å². The minimum atomic E-state index is 0.181. The first-order valence-electron chi connectivity index (χ1n) is 7.63. The zero-order valence-electron chi connectivity index (χ0n) is 12.8. The lowest BCUT2D eigenvalue weighted by Crippen LogP contribution is -2.33. The van der Waals surface area contributed by atoms with Gasteiger partial charge in [0.1, 0.15) is 0 Å². The number of hydrogen-bond acceptors (Lipinski definition) is 3. The third-order valence-corrected chi connectivity index (χ3v) is 5.16. The van der Waals surface area contributed by atoms with Crippen LogP contribution in [-0.2, 0) is 11.8 Å². The maximum Gasteiger partial charge on any atom is 0.0931 e. The second-order valence-corrected chi connectivity index (χ2v) is 7.82. The van der Waals surface area contributed by atoms with Crippen molar-refractivity contribution in [2.45, 2.75) is 70.8 Å². The van der Waals surface area contributed by atoms with Crippen LogP contribution < -0.4 is 5.32 Å².